The lowest BCUT2D eigenvalue weighted by Gasteiger charge is -2.08. The van der Waals surface area contributed by atoms with Gasteiger partial charge in [0.25, 0.3) is 5.56 Å². The molecule has 144 valence electrons. The molecule has 3 aromatic heterocycles. The van der Waals surface area contributed by atoms with Crippen molar-refractivity contribution in [2.24, 2.45) is 0 Å². The summed E-state index contributed by atoms with van der Waals surface area (Å²) in [6.07, 6.45) is 2.50. The zero-order chi connectivity index (χ0) is 20.0. The van der Waals surface area contributed by atoms with Crippen LogP contribution in [0.5, 0.6) is 0 Å². The van der Waals surface area contributed by atoms with Crippen molar-refractivity contribution < 1.29 is 0 Å². The summed E-state index contributed by atoms with van der Waals surface area (Å²) in [5.74, 6) is 0. The number of hydrogen-bond acceptors (Lipinski definition) is 4. The van der Waals surface area contributed by atoms with E-state index in [1.807, 2.05) is 35.8 Å². The minimum atomic E-state index is -0.0610. The molecule has 29 heavy (non-hydrogen) atoms. The van der Waals surface area contributed by atoms with Crippen molar-refractivity contribution in [1.82, 2.24) is 24.1 Å². The second kappa shape index (κ2) is 6.81. The fraction of sp³-hybridized carbons (Fsp3) is 0.217. The van der Waals surface area contributed by atoms with Gasteiger partial charge in [-0.05, 0) is 31.0 Å². The monoisotopic (exact) mass is 383 g/mol. The highest BCUT2D eigenvalue weighted by Gasteiger charge is 2.19. The summed E-state index contributed by atoms with van der Waals surface area (Å²) in [6.45, 7) is 5.33. The Kier molecular flexibility index (Phi) is 4.12. The van der Waals surface area contributed by atoms with E-state index < -0.39 is 0 Å². The number of aromatic nitrogens is 5. The highest BCUT2D eigenvalue weighted by molar-refractivity contribution is 6.04. The SMILES string of the molecule is CCCn1cnc2c(c1=O)c1nc3ccccc3nc1n2Cc1ccc(C)cc1. The third-order valence-electron chi connectivity index (χ3n) is 5.24. The predicted octanol–water partition coefficient (Wildman–Crippen LogP) is 4.06. The van der Waals surface area contributed by atoms with E-state index in [4.69, 9.17) is 9.97 Å². The molecule has 0 amide bonds. The molecule has 6 heteroatoms. The van der Waals surface area contributed by atoms with Gasteiger partial charge in [0.1, 0.15) is 10.9 Å². The predicted molar refractivity (Wildman–Crippen MR) is 115 cm³/mol. The summed E-state index contributed by atoms with van der Waals surface area (Å²) in [5, 5.41) is 0.543. The van der Waals surface area contributed by atoms with Crippen LogP contribution >= 0.6 is 0 Å². The maximum absolute atomic E-state index is 13.2. The van der Waals surface area contributed by atoms with E-state index in [1.165, 1.54) is 5.56 Å². The van der Waals surface area contributed by atoms with Crippen molar-refractivity contribution in [2.45, 2.75) is 33.4 Å². The third kappa shape index (κ3) is 2.88. The van der Waals surface area contributed by atoms with Crippen LogP contribution in [0.2, 0.25) is 0 Å². The van der Waals surface area contributed by atoms with Gasteiger partial charge in [0.15, 0.2) is 11.3 Å². The van der Waals surface area contributed by atoms with Crippen molar-refractivity contribution in [3.63, 3.8) is 0 Å². The molecule has 0 atom stereocenters. The van der Waals surface area contributed by atoms with Gasteiger partial charge in [-0.2, -0.15) is 0 Å². The molecule has 5 aromatic rings. The molecule has 5 rings (SSSR count). The maximum Gasteiger partial charge on any atom is 0.265 e. The molecule has 0 fully saturated rings. The molecule has 0 radical (unpaired) electrons. The molecular weight excluding hydrogens is 362 g/mol. The van der Waals surface area contributed by atoms with Gasteiger partial charge in [-0.25, -0.2) is 15.0 Å². The minimum Gasteiger partial charge on any atom is -0.304 e. The van der Waals surface area contributed by atoms with Crippen LogP contribution < -0.4 is 5.56 Å². The third-order valence-corrected chi connectivity index (χ3v) is 5.24. The van der Waals surface area contributed by atoms with Crippen molar-refractivity contribution in [3.05, 3.63) is 76.3 Å². The Morgan fingerprint density at radius 1 is 0.931 bits per heavy atom. The van der Waals surface area contributed by atoms with Gasteiger partial charge in [-0.15, -0.1) is 0 Å². The first-order valence-corrected chi connectivity index (χ1v) is 9.85. The first-order chi connectivity index (χ1) is 14.2. The summed E-state index contributed by atoms with van der Waals surface area (Å²) in [7, 11) is 0. The fourth-order valence-electron chi connectivity index (χ4n) is 3.77. The Bertz CT molecular complexity index is 1410. The lowest BCUT2D eigenvalue weighted by atomic mass is 10.1. The summed E-state index contributed by atoms with van der Waals surface area (Å²) >= 11 is 0. The molecule has 0 spiro atoms. The highest BCUT2D eigenvalue weighted by atomic mass is 16.1. The number of benzene rings is 2. The van der Waals surface area contributed by atoms with Crippen LogP contribution in [-0.4, -0.2) is 24.1 Å². The van der Waals surface area contributed by atoms with Crippen LogP contribution in [0.4, 0.5) is 0 Å². The quantitative estimate of drug-likeness (QED) is 0.469. The zero-order valence-electron chi connectivity index (χ0n) is 16.5. The summed E-state index contributed by atoms with van der Waals surface area (Å²) < 4.78 is 3.67. The Morgan fingerprint density at radius 2 is 1.66 bits per heavy atom. The highest BCUT2D eigenvalue weighted by Crippen LogP contribution is 2.26. The van der Waals surface area contributed by atoms with E-state index in [0.29, 0.717) is 35.3 Å². The van der Waals surface area contributed by atoms with Gasteiger partial charge in [0, 0.05) is 6.54 Å². The number of para-hydroxylation sites is 2. The van der Waals surface area contributed by atoms with Gasteiger partial charge >= 0.3 is 0 Å². The molecule has 0 aliphatic heterocycles. The van der Waals surface area contributed by atoms with E-state index in [1.54, 1.807) is 10.9 Å². The first kappa shape index (κ1) is 17.6. The Balaban J connectivity index is 1.85. The van der Waals surface area contributed by atoms with Crippen LogP contribution in [-0.2, 0) is 13.1 Å². The molecule has 3 heterocycles. The van der Waals surface area contributed by atoms with Gasteiger partial charge < -0.3 is 4.57 Å². The van der Waals surface area contributed by atoms with Crippen LogP contribution in [0, 0.1) is 6.92 Å². The minimum absolute atomic E-state index is 0.0610. The average Bonchev–Trinajstić information content (AvgIpc) is 3.03. The van der Waals surface area contributed by atoms with Crippen molar-refractivity contribution in [2.75, 3.05) is 0 Å². The molecule has 6 nitrogen and oxygen atoms in total. The van der Waals surface area contributed by atoms with E-state index in [-0.39, 0.29) is 5.56 Å². The van der Waals surface area contributed by atoms with E-state index >= 15 is 0 Å². The summed E-state index contributed by atoms with van der Waals surface area (Å²) in [5.41, 5.74) is 5.81. The Hall–Kier alpha value is -3.54. The molecule has 0 N–H and O–H groups in total. The fourth-order valence-corrected chi connectivity index (χ4v) is 3.77. The molecule has 0 aliphatic carbocycles. The normalized spacial score (nSPS) is 11.7. The van der Waals surface area contributed by atoms with Gasteiger partial charge in [0.05, 0.1) is 23.9 Å². The Morgan fingerprint density at radius 3 is 2.38 bits per heavy atom. The van der Waals surface area contributed by atoms with Gasteiger partial charge in [-0.3, -0.25) is 9.36 Å². The van der Waals surface area contributed by atoms with Crippen molar-refractivity contribution in [3.8, 4) is 0 Å². The number of hydrogen-bond donors (Lipinski definition) is 0. The van der Waals surface area contributed by atoms with Crippen LogP contribution in [0.15, 0.2) is 59.7 Å². The molecule has 0 aliphatic rings. The van der Waals surface area contributed by atoms with Gasteiger partial charge in [-0.1, -0.05) is 48.9 Å². The number of fused-ring (bicyclic) bond motifs is 4. The van der Waals surface area contributed by atoms with Crippen molar-refractivity contribution in [1.29, 1.82) is 0 Å². The topological polar surface area (TPSA) is 65.6 Å². The standard InChI is InChI=1S/C23H21N5O/c1-3-12-27-14-24-21-19(23(27)29)20-22(26-18-7-5-4-6-17(18)25-20)28(21)13-16-10-8-15(2)9-11-16/h4-11,14H,3,12-13H2,1-2H3. The zero-order valence-corrected chi connectivity index (χ0v) is 16.5. The molecular formula is C23H21N5O. The second-order valence-corrected chi connectivity index (χ2v) is 7.40. The smallest absolute Gasteiger partial charge is 0.265 e. The number of rotatable bonds is 4. The first-order valence-electron chi connectivity index (χ1n) is 9.85. The number of nitrogens with zero attached hydrogens (tertiary/aromatic N) is 5. The van der Waals surface area contributed by atoms with Crippen LogP contribution in [0.25, 0.3) is 33.2 Å². The average molecular weight is 383 g/mol. The Labute approximate surface area is 167 Å². The van der Waals surface area contributed by atoms with Crippen LogP contribution in [0.1, 0.15) is 24.5 Å². The molecule has 0 bridgehead atoms. The molecule has 0 saturated heterocycles. The maximum atomic E-state index is 13.2. The largest absolute Gasteiger partial charge is 0.304 e. The van der Waals surface area contributed by atoms with E-state index in [0.717, 1.165) is 23.0 Å². The number of aryl methyl sites for hydroxylation is 2. The van der Waals surface area contributed by atoms with E-state index in [9.17, 15) is 4.79 Å². The second-order valence-electron chi connectivity index (χ2n) is 7.40. The summed E-state index contributed by atoms with van der Waals surface area (Å²) in [4.78, 5) is 27.5. The lowest BCUT2D eigenvalue weighted by molar-refractivity contribution is 0.646. The molecule has 0 saturated carbocycles. The molecule has 2 aromatic carbocycles. The van der Waals surface area contributed by atoms with Crippen LogP contribution in [0.3, 0.4) is 0 Å². The van der Waals surface area contributed by atoms with Gasteiger partial charge in [0.2, 0.25) is 0 Å². The van der Waals surface area contributed by atoms with Crippen molar-refractivity contribution >= 4 is 33.2 Å². The molecule has 0 unspecified atom stereocenters. The van der Waals surface area contributed by atoms with E-state index in [2.05, 4.69) is 36.2 Å². The lowest BCUT2D eigenvalue weighted by Crippen LogP contribution is -2.20. The summed E-state index contributed by atoms with van der Waals surface area (Å²) in [6, 6.07) is 16.1.